The molecule has 7 nitrogen and oxygen atoms in total. The predicted molar refractivity (Wildman–Crippen MR) is 115 cm³/mol. The molecule has 5 aromatic heterocycles. The fourth-order valence-corrected chi connectivity index (χ4v) is 4.85. The number of aromatic nitrogens is 6. The maximum Gasteiger partial charge on any atom is 0.165 e. The highest BCUT2D eigenvalue weighted by atomic mass is 127. The van der Waals surface area contributed by atoms with E-state index in [-0.39, 0.29) is 6.04 Å². The van der Waals surface area contributed by atoms with E-state index in [2.05, 4.69) is 67.2 Å². The van der Waals surface area contributed by atoms with Crippen molar-refractivity contribution < 1.29 is 0 Å². The van der Waals surface area contributed by atoms with Crippen molar-refractivity contribution in [3.8, 4) is 10.6 Å². The number of nitrogens with two attached hydrogens (primary N) is 1. The third-order valence-electron chi connectivity index (χ3n) is 4.67. The van der Waals surface area contributed by atoms with E-state index in [1.807, 2.05) is 28.5 Å². The van der Waals surface area contributed by atoms with Crippen molar-refractivity contribution in [2.75, 3.05) is 5.73 Å². The molecule has 5 rings (SSSR count). The van der Waals surface area contributed by atoms with Crippen LogP contribution in [0.2, 0.25) is 0 Å². The zero-order valence-electron chi connectivity index (χ0n) is 14.2. The van der Waals surface area contributed by atoms with Crippen molar-refractivity contribution in [3.63, 3.8) is 0 Å². The van der Waals surface area contributed by atoms with Crippen LogP contribution < -0.4 is 5.73 Å². The molecule has 5 aromatic rings. The number of nitrogen functional groups attached to an aromatic ring is 1. The van der Waals surface area contributed by atoms with Crippen molar-refractivity contribution in [1.29, 1.82) is 0 Å². The van der Waals surface area contributed by atoms with Gasteiger partial charge in [-0.3, -0.25) is 4.98 Å². The summed E-state index contributed by atoms with van der Waals surface area (Å²) in [6.07, 6.45) is 5.46. The minimum absolute atomic E-state index is 0.0395. The van der Waals surface area contributed by atoms with Crippen LogP contribution in [0.15, 0.2) is 48.5 Å². The second-order valence-corrected chi connectivity index (χ2v) is 8.09. The first-order chi connectivity index (χ1) is 13.1. The molecule has 9 heteroatoms. The van der Waals surface area contributed by atoms with E-state index in [0.717, 1.165) is 36.4 Å². The molecule has 0 saturated heterocycles. The predicted octanol–water partition coefficient (Wildman–Crippen LogP) is 4.00. The maximum absolute atomic E-state index is 6.06. The van der Waals surface area contributed by atoms with Gasteiger partial charge in [0.1, 0.15) is 15.8 Å². The van der Waals surface area contributed by atoms with E-state index >= 15 is 0 Å². The van der Waals surface area contributed by atoms with E-state index < -0.39 is 0 Å². The van der Waals surface area contributed by atoms with Crippen LogP contribution in [-0.2, 0) is 0 Å². The quantitative estimate of drug-likeness (QED) is 0.389. The molecule has 0 aromatic carbocycles. The summed E-state index contributed by atoms with van der Waals surface area (Å²) in [6, 6.07) is 8.34. The molecule has 2 N–H and O–H groups in total. The van der Waals surface area contributed by atoms with Crippen LogP contribution >= 0.6 is 33.9 Å². The minimum Gasteiger partial charge on any atom is -0.383 e. The molecular formula is C18H14IN7S. The van der Waals surface area contributed by atoms with Gasteiger partial charge in [-0.05, 0) is 47.7 Å². The molecule has 0 fully saturated rings. The van der Waals surface area contributed by atoms with Crippen LogP contribution in [0.1, 0.15) is 18.5 Å². The minimum atomic E-state index is -0.0395. The summed E-state index contributed by atoms with van der Waals surface area (Å²) < 4.78 is 4.92. The lowest BCUT2D eigenvalue weighted by atomic mass is 10.1. The first-order valence-electron chi connectivity index (χ1n) is 8.28. The van der Waals surface area contributed by atoms with Gasteiger partial charge in [0.2, 0.25) is 0 Å². The van der Waals surface area contributed by atoms with Gasteiger partial charge < -0.3 is 10.1 Å². The highest BCUT2D eigenvalue weighted by Gasteiger charge is 2.23. The van der Waals surface area contributed by atoms with Gasteiger partial charge in [-0.15, -0.1) is 11.3 Å². The largest absolute Gasteiger partial charge is 0.383 e. The Balaban J connectivity index is 1.78. The third-order valence-corrected chi connectivity index (χ3v) is 6.20. The van der Waals surface area contributed by atoms with Crippen LogP contribution in [0.5, 0.6) is 0 Å². The van der Waals surface area contributed by atoms with Gasteiger partial charge in [-0.1, -0.05) is 6.07 Å². The first-order valence-corrected chi connectivity index (χ1v) is 10.2. The molecule has 27 heavy (non-hydrogen) atoms. The molecule has 0 spiro atoms. The molecule has 5 heterocycles. The standard InChI is InChI=1S/C18H14IN7S/c1-10(26-18-14(16(19)24-26)17(20)22-8-23-18)12-6-11-4-2-3-5-25(11)15(12)13-7-21-9-27-13/h2-10H,1H3,(H2,20,22,23). The summed E-state index contributed by atoms with van der Waals surface area (Å²) in [4.78, 5) is 13.9. The summed E-state index contributed by atoms with van der Waals surface area (Å²) in [7, 11) is 0. The Morgan fingerprint density at radius 2 is 2.15 bits per heavy atom. The van der Waals surface area contributed by atoms with E-state index in [9.17, 15) is 0 Å². The van der Waals surface area contributed by atoms with E-state index in [1.54, 1.807) is 11.3 Å². The van der Waals surface area contributed by atoms with Crippen LogP contribution in [0.3, 0.4) is 0 Å². The molecule has 134 valence electrons. The summed E-state index contributed by atoms with van der Waals surface area (Å²) >= 11 is 3.81. The molecule has 0 aliphatic carbocycles. The highest BCUT2D eigenvalue weighted by molar-refractivity contribution is 14.1. The van der Waals surface area contributed by atoms with Gasteiger partial charge in [0.15, 0.2) is 5.65 Å². The highest BCUT2D eigenvalue weighted by Crippen LogP contribution is 2.36. The topological polar surface area (TPSA) is 86.9 Å². The molecular weight excluding hydrogens is 473 g/mol. The molecule has 0 aliphatic heterocycles. The van der Waals surface area contributed by atoms with Crippen LogP contribution in [0, 0.1) is 3.70 Å². The van der Waals surface area contributed by atoms with Crippen molar-refractivity contribution >= 4 is 56.3 Å². The lowest BCUT2D eigenvalue weighted by molar-refractivity contribution is 0.577. The van der Waals surface area contributed by atoms with Crippen LogP contribution in [-0.4, -0.2) is 29.1 Å². The first kappa shape index (κ1) is 16.6. The number of thiazole rings is 1. The molecule has 0 saturated carbocycles. The van der Waals surface area contributed by atoms with Crippen molar-refractivity contribution in [1.82, 2.24) is 29.1 Å². The molecule has 1 unspecified atom stereocenters. The molecule has 0 aliphatic rings. The lowest BCUT2D eigenvalue weighted by Gasteiger charge is -2.14. The number of rotatable bonds is 3. The van der Waals surface area contributed by atoms with Crippen LogP contribution in [0.4, 0.5) is 5.82 Å². The van der Waals surface area contributed by atoms with Gasteiger partial charge in [-0.25, -0.2) is 14.6 Å². The Kier molecular flexibility index (Phi) is 3.86. The fourth-order valence-electron chi connectivity index (χ4n) is 3.41. The van der Waals surface area contributed by atoms with Gasteiger partial charge in [0.25, 0.3) is 0 Å². The number of pyridine rings is 1. The van der Waals surface area contributed by atoms with E-state index in [0.29, 0.717) is 5.82 Å². The Morgan fingerprint density at radius 1 is 1.26 bits per heavy atom. The Hall–Kier alpha value is -2.53. The SMILES string of the molecule is CC(c1cc2ccccn2c1-c1cncs1)n1nc(I)c2c(N)ncnc21. The maximum atomic E-state index is 6.06. The number of nitrogens with zero attached hydrogens (tertiary/aromatic N) is 6. The molecule has 0 radical (unpaired) electrons. The molecule has 0 bridgehead atoms. The van der Waals surface area contributed by atoms with Gasteiger partial charge in [0.05, 0.1) is 27.5 Å². The number of hydrogen-bond donors (Lipinski definition) is 1. The summed E-state index contributed by atoms with van der Waals surface area (Å²) in [6.45, 7) is 2.13. The number of fused-ring (bicyclic) bond motifs is 2. The Labute approximate surface area is 172 Å². The summed E-state index contributed by atoms with van der Waals surface area (Å²) in [5.74, 6) is 0.451. The van der Waals surface area contributed by atoms with E-state index in [1.165, 1.54) is 6.33 Å². The number of hydrogen-bond acceptors (Lipinski definition) is 6. The zero-order valence-corrected chi connectivity index (χ0v) is 17.2. The normalized spacial score (nSPS) is 12.8. The smallest absolute Gasteiger partial charge is 0.165 e. The second-order valence-electron chi connectivity index (χ2n) is 6.18. The Bertz CT molecular complexity index is 1270. The summed E-state index contributed by atoms with van der Waals surface area (Å²) in [5.41, 5.74) is 12.1. The van der Waals surface area contributed by atoms with E-state index in [4.69, 9.17) is 10.8 Å². The Morgan fingerprint density at radius 3 is 2.96 bits per heavy atom. The fraction of sp³-hybridized carbons (Fsp3) is 0.111. The second kappa shape index (κ2) is 6.27. The molecule has 1 atom stereocenters. The average Bonchev–Trinajstić information content (AvgIpc) is 3.38. The number of halogens is 1. The third kappa shape index (κ3) is 2.52. The van der Waals surface area contributed by atoms with Crippen LogP contribution in [0.25, 0.3) is 27.1 Å². The average molecular weight is 487 g/mol. The van der Waals surface area contributed by atoms with Crippen molar-refractivity contribution in [3.05, 3.63) is 57.8 Å². The van der Waals surface area contributed by atoms with Gasteiger partial charge in [0, 0.05) is 23.5 Å². The van der Waals surface area contributed by atoms with Gasteiger partial charge >= 0.3 is 0 Å². The summed E-state index contributed by atoms with van der Waals surface area (Å²) in [5, 5.41) is 5.52. The lowest BCUT2D eigenvalue weighted by Crippen LogP contribution is -2.10. The van der Waals surface area contributed by atoms with Crippen molar-refractivity contribution in [2.45, 2.75) is 13.0 Å². The number of anilines is 1. The monoisotopic (exact) mass is 487 g/mol. The van der Waals surface area contributed by atoms with Crippen molar-refractivity contribution in [2.24, 2.45) is 0 Å². The van der Waals surface area contributed by atoms with Gasteiger partial charge in [-0.2, -0.15) is 5.10 Å². The molecule has 0 amide bonds. The zero-order chi connectivity index (χ0) is 18.5.